The van der Waals surface area contributed by atoms with Gasteiger partial charge in [-0.1, -0.05) is 0 Å². The molecule has 1 N–H and O–H groups in total. The molecule has 0 spiro atoms. The first-order valence-corrected chi connectivity index (χ1v) is 8.62. The summed E-state index contributed by atoms with van der Waals surface area (Å²) in [6.07, 6.45) is 0.0307. The van der Waals surface area contributed by atoms with Gasteiger partial charge < -0.3 is 9.73 Å². The van der Waals surface area contributed by atoms with Crippen molar-refractivity contribution in [3.63, 3.8) is 0 Å². The molecule has 0 fully saturated rings. The summed E-state index contributed by atoms with van der Waals surface area (Å²) in [5.41, 5.74) is 1.68. The molecule has 4 nitrogen and oxygen atoms in total. The number of halogens is 2. The molecule has 1 atom stereocenters. The second-order valence-corrected chi connectivity index (χ2v) is 6.45. The Kier molecular flexibility index (Phi) is 5.35. The number of ketones is 1. The van der Waals surface area contributed by atoms with Gasteiger partial charge in [0.2, 0.25) is 5.91 Å². The number of benzene rings is 2. The van der Waals surface area contributed by atoms with E-state index in [1.54, 1.807) is 19.9 Å². The number of furan rings is 1. The van der Waals surface area contributed by atoms with E-state index in [0.29, 0.717) is 22.3 Å². The average molecular weight is 371 g/mol. The van der Waals surface area contributed by atoms with Gasteiger partial charge in [-0.05, 0) is 56.3 Å². The predicted octanol–water partition coefficient (Wildman–Crippen LogP) is 4.86. The van der Waals surface area contributed by atoms with E-state index in [-0.39, 0.29) is 30.3 Å². The van der Waals surface area contributed by atoms with Gasteiger partial charge in [-0.25, -0.2) is 8.78 Å². The van der Waals surface area contributed by atoms with E-state index in [1.165, 1.54) is 36.4 Å². The van der Waals surface area contributed by atoms with Gasteiger partial charge in [-0.15, -0.1) is 0 Å². The van der Waals surface area contributed by atoms with Crippen LogP contribution in [-0.2, 0) is 4.79 Å². The van der Waals surface area contributed by atoms with Gasteiger partial charge in [0, 0.05) is 29.4 Å². The van der Waals surface area contributed by atoms with Gasteiger partial charge in [0.05, 0.1) is 6.04 Å². The lowest BCUT2D eigenvalue weighted by molar-refractivity contribution is -0.121. The summed E-state index contributed by atoms with van der Waals surface area (Å²) in [6.45, 7) is 3.57. The van der Waals surface area contributed by atoms with Crippen molar-refractivity contribution < 1.29 is 22.8 Å². The van der Waals surface area contributed by atoms with Gasteiger partial charge in [0.15, 0.2) is 5.78 Å². The summed E-state index contributed by atoms with van der Waals surface area (Å²) in [6, 6.07) is 9.06. The Hall–Kier alpha value is -3.02. The van der Waals surface area contributed by atoms with Gasteiger partial charge in [-0.3, -0.25) is 9.59 Å². The van der Waals surface area contributed by atoms with Crippen molar-refractivity contribution in [2.75, 3.05) is 0 Å². The van der Waals surface area contributed by atoms with Crippen LogP contribution in [0.3, 0.4) is 0 Å². The Bertz CT molecular complexity index is 993. The number of amides is 1. The minimum Gasteiger partial charge on any atom is -0.459 e. The van der Waals surface area contributed by atoms with Gasteiger partial charge >= 0.3 is 0 Å². The molecule has 1 amide bonds. The summed E-state index contributed by atoms with van der Waals surface area (Å²) in [5, 5.41) is 3.45. The number of fused-ring (bicyclic) bond motifs is 1. The molecule has 2 aromatic carbocycles. The molecule has 140 valence electrons. The van der Waals surface area contributed by atoms with E-state index in [1.807, 2.05) is 0 Å². The van der Waals surface area contributed by atoms with Gasteiger partial charge in [-0.2, -0.15) is 0 Å². The third kappa shape index (κ3) is 4.22. The predicted molar refractivity (Wildman–Crippen MR) is 97.4 cm³/mol. The van der Waals surface area contributed by atoms with Crippen LogP contribution in [0.15, 0.2) is 46.9 Å². The van der Waals surface area contributed by atoms with Crippen LogP contribution in [0.5, 0.6) is 0 Å². The molecule has 0 saturated heterocycles. The van der Waals surface area contributed by atoms with Crippen molar-refractivity contribution in [1.29, 1.82) is 0 Å². The van der Waals surface area contributed by atoms with Crippen LogP contribution in [-0.4, -0.2) is 11.7 Å². The van der Waals surface area contributed by atoms with Crippen molar-refractivity contribution in [2.24, 2.45) is 0 Å². The Balaban J connectivity index is 1.61. The standard InChI is InChI=1S/C21H19F2NO3/c1-12-17-11-16(23)7-9-19(17)27-21(12)13(2)24-20(26)10-8-18(25)14-3-5-15(22)6-4-14/h3-7,9,11,13H,8,10H2,1-2H3,(H,24,26). The topological polar surface area (TPSA) is 59.3 Å². The summed E-state index contributed by atoms with van der Waals surface area (Å²) in [5.74, 6) is -0.751. The highest BCUT2D eigenvalue weighted by atomic mass is 19.1. The summed E-state index contributed by atoms with van der Waals surface area (Å²) in [7, 11) is 0. The van der Waals surface area contributed by atoms with Crippen LogP contribution in [0.1, 0.15) is 47.5 Å². The molecule has 1 aromatic heterocycles. The molecule has 0 bridgehead atoms. The third-order valence-electron chi connectivity index (χ3n) is 4.45. The summed E-state index contributed by atoms with van der Waals surface area (Å²) in [4.78, 5) is 24.2. The zero-order valence-electron chi connectivity index (χ0n) is 15.0. The molecular formula is C21H19F2NO3. The number of aryl methyl sites for hydroxylation is 1. The molecule has 3 aromatic rings. The zero-order valence-corrected chi connectivity index (χ0v) is 15.0. The zero-order chi connectivity index (χ0) is 19.6. The number of carbonyl (C=O) groups is 2. The number of hydrogen-bond donors (Lipinski definition) is 1. The summed E-state index contributed by atoms with van der Waals surface area (Å²) < 4.78 is 32.0. The minimum absolute atomic E-state index is 0.00839. The molecule has 0 aliphatic rings. The fraction of sp³-hybridized carbons (Fsp3) is 0.238. The molecule has 27 heavy (non-hydrogen) atoms. The van der Waals surface area contributed by atoms with Gasteiger partial charge in [0.1, 0.15) is 23.0 Å². The van der Waals surface area contributed by atoms with Crippen LogP contribution < -0.4 is 5.32 Å². The molecule has 0 radical (unpaired) electrons. The van der Waals surface area contributed by atoms with Crippen molar-refractivity contribution in [1.82, 2.24) is 5.32 Å². The molecule has 1 heterocycles. The van der Waals surface area contributed by atoms with E-state index in [9.17, 15) is 18.4 Å². The normalized spacial score (nSPS) is 12.1. The van der Waals surface area contributed by atoms with Crippen LogP contribution in [0.2, 0.25) is 0 Å². The minimum atomic E-state index is -0.422. The Morgan fingerprint density at radius 2 is 1.70 bits per heavy atom. The molecule has 0 aliphatic heterocycles. The number of nitrogens with one attached hydrogen (secondary N) is 1. The maximum absolute atomic E-state index is 13.4. The summed E-state index contributed by atoms with van der Waals surface area (Å²) >= 11 is 0. The van der Waals surface area contributed by atoms with Crippen LogP contribution >= 0.6 is 0 Å². The molecule has 3 rings (SSSR count). The lowest BCUT2D eigenvalue weighted by Crippen LogP contribution is -2.27. The van der Waals surface area contributed by atoms with E-state index in [0.717, 1.165) is 5.56 Å². The van der Waals surface area contributed by atoms with Crippen molar-refractivity contribution >= 4 is 22.7 Å². The quantitative estimate of drug-likeness (QED) is 0.630. The molecule has 0 saturated carbocycles. The SMILES string of the molecule is Cc1c(C(C)NC(=O)CCC(=O)c2ccc(F)cc2)oc2ccc(F)cc12. The number of Topliss-reactive ketones (excluding diaryl/α,β-unsaturated/α-hetero) is 1. The fourth-order valence-corrected chi connectivity index (χ4v) is 3.01. The van der Waals surface area contributed by atoms with E-state index in [4.69, 9.17) is 4.42 Å². The first kappa shape index (κ1) is 18.8. The van der Waals surface area contributed by atoms with Crippen LogP contribution in [0, 0.1) is 18.6 Å². The second-order valence-electron chi connectivity index (χ2n) is 6.45. The molecule has 6 heteroatoms. The number of carbonyl (C=O) groups excluding carboxylic acids is 2. The molecule has 1 unspecified atom stereocenters. The third-order valence-corrected chi connectivity index (χ3v) is 4.45. The lowest BCUT2D eigenvalue weighted by atomic mass is 10.1. The first-order valence-electron chi connectivity index (χ1n) is 8.62. The largest absolute Gasteiger partial charge is 0.459 e. The first-order chi connectivity index (χ1) is 12.8. The second kappa shape index (κ2) is 7.70. The molecule has 0 aliphatic carbocycles. The van der Waals surface area contributed by atoms with E-state index < -0.39 is 11.9 Å². The van der Waals surface area contributed by atoms with Crippen LogP contribution in [0.25, 0.3) is 11.0 Å². The highest BCUT2D eigenvalue weighted by Gasteiger charge is 2.19. The fourth-order valence-electron chi connectivity index (χ4n) is 3.01. The Morgan fingerprint density at radius 1 is 1.04 bits per heavy atom. The highest BCUT2D eigenvalue weighted by molar-refractivity contribution is 5.98. The monoisotopic (exact) mass is 371 g/mol. The smallest absolute Gasteiger partial charge is 0.221 e. The lowest BCUT2D eigenvalue weighted by Gasteiger charge is -2.12. The van der Waals surface area contributed by atoms with Crippen molar-refractivity contribution in [3.8, 4) is 0 Å². The maximum atomic E-state index is 13.4. The number of hydrogen-bond acceptors (Lipinski definition) is 3. The molecular weight excluding hydrogens is 352 g/mol. The average Bonchev–Trinajstić information content (AvgIpc) is 2.96. The van der Waals surface area contributed by atoms with E-state index >= 15 is 0 Å². The number of rotatable bonds is 6. The highest BCUT2D eigenvalue weighted by Crippen LogP contribution is 2.30. The van der Waals surface area contributed by atoms with Crippen LogP contribution in [0.4, 0.5) is 8.78 Å². The maximum Gasteiger partial charge on any atom is 0.221 e. The van der Waals surface area contributed by atoms with Crippen molar-refractivity contribution in [3.05, 3.63) is 71.0 Å². The van der Waals surface area contributed by atoms with E-state index in [2.05, 4.69) is 5.32 Å². The van der Waals surface area contributed by atoms with Crippen molar-refractivity contribution in [2.45, 2.75) is 32.7 Å². The Morgan fingerprint density at radius 3 is 2.41 bits per heavy atom. The Labute approximate surface area is 155 Å². The van der Waals surface area contributed by atoms with Gasteiger partial charge in [0.25, 0.3) is 0 Å².